The van der Waals surface area contributed by atoms with E-state index in [4.69, 9.17) is 18.9 Å². The Morgan fingerprint density at radius 2 is 1.85 bits per heavy atom. The summed E-state index contributed by atoms with van der Waals surface area (Å²) in [4.78, 5) is 40.2. The first kappa shape index (κ1) is 26.8. The second-order valence-electron chi connectivity index (χ2n) is 10.0. The molecule has 10 nitrogen and oxygen atoms in total. The number of nitrogens with zero attached hydrogens (tertiary/aromatic N) is 1. The zero-order valence-electron chi connectivity index (χ0n) is 22.2. The first-order valence-corrected chi connectivity index (χ1v) is 13.5. The molecule has 1 unspecified atom stereocenters. The summed E-state index contributed by atoms with van der Waals surface area (Å²) in [6.45, 7) is 2.34. The Hall–Kier alpha value is -3.79. The van der Waals surface area contributed by atoms with Crippen LogP contribution in [0, 0.1) is 5.92 Å². The summed E-state index contributed by atoms with van der Waals surface area (Å²) in [7, 11) is 1.58. The van der Waals surface area contributed by atoms with E-state index in [1.165, 1.54) is 0 Å². The lowest BCUT2D eigenvalue weighted by Gasteiger charge is -2.29. The summed E-state index contributed by atoms with van der Waals surface area (Å²) >= 11 is 0. The molecule has 4 aliphatic heterocycles. The minimum absolute atomic E-state index is 0.0262. The van der Waals surface area contributed by atoms with Crippen LogP contribution in [0.15, 0.2) is 36.4 Å². The van der Waals surface area contributed by atoms with Crippen LogP contribution in [0.2, 0.25) is 0 Å². The van der Waals surface area contributed by atoms with Gasteiger partial charge in [-0.05, 0) is 48.6 Å². The average molecular weight is 538 g/mol. The van der Waals surface area contributed by atoms with Gasteiger partial charge in [0.15, 0.2) is 11.5 Å². The van der Waals surface area contributed by atoms with Crippen LogP contribution in [-0.4, -0.2) is 75.8 Å². The molecule has 2 aromatic carbocycles. The van der Waals surface area contributed by atoms with Crippen LogP contribution in [0.4, 0.5) is 5.69 Å². The molecule has 4 aliphatic rings. The lowest BCUT2D eigenvalue weighted by molar-refractivity contribution is -0.142. The largest absolute Gasteiger partial charge is 0.493 e. The van der Waals surface area contributed by atoms with Crippen LogP contribution in [0.25, 0.3) is 0 Å². The molecule has 0 aliphatic carbocycles. The third kappa shape index (κ3) is 6.44. The number of carbonyl (C=O) groups is 3. The van der Waals surface area contributed by atoms with Gasteiger partial charge >= 0.3 is 0 Å². The lowest BCUT2D eigenvalue weighted by atomic mass is 9.84. The quantitative estimate of drug-likeness (QED) is 0.566. The monoisotopic (exact) mass is 537 g/mol. The first-order valence-electron chi connectivity index (χ1n) is 13.5. The van der Waals surface area contributed by atoms with Gasteiger partial charge in [0.25, 0.3) is 0 Å². The predicted octanol–water partition coefficient (Wildman–Crippen LogP) is 2.70. The second kappa shape index (κ2) is 12.4. The van der Waals surface area contributed by atoms with Crippen molar-refractivity contribution in [2.45, 2.75) is 31.6 Å². The highest BCUT2D eigenvalue weighted by Crippen LogP contribution is 2.41. The zero-order valence-corrected chi connectivity index (χ0v) is 22.2. The van der Waals surface area contributed by atoms with E-state index < -0.39 is 0 Å². The van der Waals surface area contributed by atoms with E-state index in [1.807, 2.05) is 36.4 Å². The number of hydrogen-bond donors (Lipinski definition) is 2. The van der Waals surface area contributed by atoms with Crippen LogP contribution in [-0.2, 0) is 19.1 Å². The fraction of sp³-hybridized carbons (Fsp3) is 0.483. The molecular weight excluding hydrogens is 502 g/mol. The van der Waals surface area contributed by atoms with E-state index in [0.29, 0.717) is 81.5 Å². The van der Waals surface area contributed by atoms with Gasteiger partial charge in [-0.1, -0.05) is 12.1 Å². The molecule has 0 saturated carbocycles. The fourth-order valence-corrected chi connectivity index (χ4v) is 5.35. The number of nitrogens with one attached hydrogen (secondary N) is 2. The molecule has 2 N–H and O–H groups in total. The van der Waals surface area contributed by atoms with E-state index >= 15 is 0 Å². The van der Waals surface area contributed by atoms with Gasteiger partial charge in [0.1, 0.15) is 12.4 Å². The van der Waals surface area contributed by atoms with Crippen molar-refractivity contribution >= 4 is 23.4 Å². The standard InChI is InChI=1S/C29H35N3O7/c1-36-25-6-3-20-15-26(25)39-11-2-10-32(29(35)19-7-12-37-13-8-19)18-28(34)30-9-14-38-21-4-5-22-23(20)17-27(33)31-24(22)16-21/h3-6,15-16,19,23H,2,7-14,17-18H2,1H3,(H,30,34)(H,31,33). The maximum atomic E-state index is 13.3. The van der Waals surface area contributed by atoms with Gasteiger partial charge in [0.2, 0.25) is 17.7 Å². The van der Waals surface area contributed by atoms with Crippen LogP contribution < -0.4 is 24.8 Å². The number of fused-ring (bicyclic) bond motifs is 11. The highest BCUT2D eigenvalue weighted by molar-refractivity contribution is 5.95. The molecular formula is C29H35N3O7. The number of benzene rings is 2. The molecule has 2 aromatic rings. The summed E-state index contributed by atoms with van der Waals surface area (Å²) in [6.07, 6.45) is 2.17. The average Bonchev–Trinajstić information content (AvgIpc) is 2.96. The molecule has 6 rings (SSSR count). The molecule has 1 atom stereocenters. The van der Waals surface area contributed by atoms with Gasteiger partial charge in [0, 0.05) is 49.8 Å². The summed E-state index contributed by atoms with van der Waals surface area (Å²) in [5.41, 5.74) is 2.64. The number of ether oxygens (including phenoxy) is 4. The predicted molar refractivity (Wildman–Crippen MR) is 143 cm³/mol. The molecule has 208 valence electrons. The third-order valence-corrected chi connectivity index (χ3v) is 7.39. The van der Waals surface area contributed by atoms with Crippen LogP contribution >= 0.6 is 0 Å². The summed E-state index contributed by atoms with van der Waals surface area (Å²) in [5, 5.41) is 5.80. The molecule has 10 heteroatoms. The van der Waals surface area contributed by atoms with Crippen LogP contribution in [0.5, 0.6) is 17.2 Å². The maximum absolute atomic E-state index is 13.3. The highest BCUT2D eigenvalue weighted by atomic mass is 16.5. The highest BCUT2D eigenvalue weighted by Gasteiger charge is 2.29. The maximum Gasteiger partial charge on any atom is 0.239 e. The topological polar surface area (TPSA) is 115 Å². The minimum Gasteiger partial charge on any atom is -0.493 e. The number of amides is 3. The Bertz CT molecular complexity index is 1210. The van der Waals surface area contributed by atoms with Crippen molar-refractivity contribution in [3.63, 3.8) is 0 Å². The Balaban J connectivity index is 1.40. The fourth-order valence-electron chi connectivity index (χ4n) is 5.35. The second-order valence-corrected chi connectivity index (χ2v) is 10.0. The smallest absolute Gasteiger partial charge is 0.239 e. The molecule has 0 radical (unpaired) electrons. The van der Waals surface area contributed by atoms with Crippen molar-refractivity contribution in [2.24, 2.45) is 5.92 Å². The van der Waals surface area contributed by atoms with E-state index in [9.17, 15) is 14.4 Å². The SMILES string of the molecule is COc1ccc2cc1OCCCN(C(=O)C1CCOCC1)CC(=O)NCCOc1ccc3c(c1)NC(=O)CC23. The summed E-state index contributed by atoms with van der Waals surface area (Å²) in [5.74, 6) is 1.11. The minimum atomic E-state index is -0.243. The summed E-state index contributed by atoms with van der Waals surface area (Å²) in [6, 6.07) is 11.4. The Morgan fingerprint density at radius 3 is 2.67 bits per heavy atom. The number of carbonyl (C=O) groups excluding carboxylic acids is 3. The number of hydrogen-bond acceptors (Lipinski definition) is 7. The van der Waals surface area contributed by atoms with Crippen molar-refractivity contribution in [1.29, 1.82) is 0 Å². The zero-order chi connectivity index (χ0) is 27.2. The van der Waals surface area contributed by atoms with E-state index in [2.05, 4.69) is 10.6 Å². The van der Waals surface area contributed by atoms with E-state index in [0.717, 1.165) is 11.1 Å². The van der Waals surface area contributed by atoms with Crippen molar-refractivity contribution in [1.82, 2.24) is 10.2 Å². The molecule has 0 aromatic heterocycles. The molecule has 39 heavy (non-hydrogen) atoms. The van der Waals surface area contributed by atoms with Gasteiger partial charge in [-0.3, -0.25) is 14.4 Å². The first-order chi connectivity index (χ1) is 19.0. The number of anilines is 1. The van der Waals surface area contributed by atoms with Gasteiger partial charge in [-0.25, -0.2) is 0 Å². The normalized spacial score (nSPS) is 20.8. The van der Waals surface area contributed by atoms with Crippen molar-refractivity contribution < 1.29 is 33.3 Å². The number of rotatable bonds is 2. The molecule has 3 amide bonds. The van der Waals surface area contributed by atoms with Gasteiger partial charge in [-0.15, -0.1) is 0 Å². The molecule has 4 heterocycles. The van der Waals surface area contributed by atoms with Crippen molar-refractivity contribution in [2.75, 3.05) is 58.5 Å². The van der Waals surface area contributed by atoms with Crippen LogP contribution in [0.3, 0.4) is 0 Å². The van der Waals surface area contributed by atoms with Crippen molar-refractivity contribution in [3.8, 4) is 17.2 Å². The molecule has 6 bridgehead atoms. The Kier molecular flexibility index (Phi) is 8.51. The third-order valence-electron chi connectivity index (χ3n) is 7.39. The van der Waals surface area contributed by atoms with Crippen molar-refractivity contribution in [3.05, 3.63) is 47.5 Å². The van der Waals surface area contributed by atoms with E-state index in [1.54, 1.807) is 12.0 Å². The van der Waals surface area contributed by atoms with E-state index in [-0.39, 0.29) is 42.7 Å². The Labute approximate surface area is 227 Å². The van der Waals surface area contributed by atoms with Gasteiger partial charge in [-0.2, -0.15) is 0 Å². The van der Waals surface area contributed by atoms with Gasteiger partial charge < -0.3 is 34.5 Å². The molecule has 1 saturated heterocycles. The molecule has 0 spiro atoms. The van der Waals surface area contributed by atoms with Gasteiger partial charge in [0.05, 0.1) is 26.8 Å². The Morgan fingerprint density at radius 1 is 1.00 bits per heavy atom. The number of methoxy groups -OCH3 is 1. The van der Waals surface area contributed by atoms with Crippen LogP contribution in [0.1, 0.15) is 42.7 Å². The summed E-state index contributed by atoms with van der Waals surface area (Å²) < 4.78 is 22.9. The molecule has 1 fully saturated rings. The lowest BCUT2D eigenvalue weighted by Crippen LogP contribution is -2.45.